The first-order valence-electron chi connectivity index (χ1n) is 9.61. The van der Waals surface area contributed by atoms with Crippen LogP contribution < -0.4 is 5.32 Å². The highest BCUT2D eigenvalue weighted by atomic mass is 16.1. The molecule has 3 aromatic rings. The molecular weight excluding hydrogens is 322 g/mol. The van der Waals surface area contributed by atoms with E-state index in [1.54, 1.807) is 0 Å². The summed E-state index contributed by atoms with van der Waals surface area (Å²) < 4.78 is 2.13. The molecule has 4 nitrogen and oxygen atoms in total. The van der Waals surface area contributed by atoms with Crippen molar-refractivity contribution in [2.75, 3.05) is 5.32 Å². The predicted octanol–water partition coefficient (Wildman–Crippen LogP) is 5.65. The number of aryl methyl sites for hydroxylation is 1. The lowest BCUT2D eigenvalue weighted by atomic mass is 10.1. The van der Waals surface area contributed by atoms with Crippen molar-refractivity contribution in [2.45, 2.75) is 52.0 Å². The fourth-order valence-corrected chi connectivity index (χ4v) is 3.21. The Labute approximate surface area is 155 Å². The number of carbonyl (C=O) groups excluding carboxylic acids is 1. The van der Waals surface area contributed by atoms with Gasteiger partial charge in [-0.3, -0.25) is 10.1 Å². The van der Waals surface area contributed by atoms with Gasteiger partial charge in [0.2, 0.25) is 5.95 Å². The van der Waals surface area contributed by atoms with Crippen LogP contribution in [0.15, 0.2) is 54.6 Å². The van der Waals surface area contributed by atoms with E-state index >= 15 is 0 Å². The summed E-state index contributed by atoms with van der Waals surface area (Å²) in [5.41, 5.74) is 2.64. The number of amides is 1. The summed E-state index contributed by atoms with van der Waals surface area (Å²) in [4.78, 5) is 17.2. The maximum absolute atomic E-state index is 12.5. The molecule has 4 heteroatoms. The number of nitrogens with one attached hydrogen (secondary N) is 1. The van der Waals surface area contributed by atoms with E-state index in [2.05, 4.69) is 27.9 Å². The minimum absolute atomic E-state index is 0.120. The first-order valence-corrected chi connectivity index (χ1v) is 9.61. The van der Waals surface area contributed by atoms with E-state index in [-0.39, 0.29) is 5.91 Å². The average Bonchev–Trinajstić information content (AvgIpc) is 3.02. The third-order valence-electron chi connectivity index (χ3n) is 4.65. The molecule has 0 atom stereocenters. The molecule has 0 radical (unpaired) electrons. The Hall–Kier alpha value is -2.62. The fraction of sp³-hybridized carbons (Fsp3) is 0.364. The number of benzene rings is 2. The number of unbranched alkanes of at least 4 members (excludes halogenated alkanes) is 5. The molecule has 0 bridgehead atoms. The highest BCUT2D eigenvalue weighted by molar-refractivity contribution is 6.04. The quantitative estimate of drug-likeness (QED) is 0.507. The van der Waals surface area contributed by atoms with Gasteiger partial charge in [-0.1, -0.05) is 69.4 Å². The Morgan fingerprint density at radius 2 is 1.62 bits per heavy atom. The summed E-state index contributed by atoms with van der Waals surface area (Å²) in [6, 6.07) is 17.3. The van der Waals surface area contributed by atoms with Crippen LogP contribution in [0.3, 0.4) is 0 Å². The highest BCUT2D eigenvalue weighted by Gasteiger charge is 2.13. The van der Waals surface area contributed by atoms with Crippen LogP contribution in [0.2, 0.25) is 0 Å². The van der Waals surface area contributed by atoms with E-state index in [1.807, 2.05) is 48.5 Å². The Morgan fingerprint density at radius 1 is 0.923 bits per heavy atom. The Kier molecular flexibility index (Phi) is 6.42. The molecule has 1 amide bonds. The van der Waals surface area contributed by atoms with Crippen molar-refractivity contribution in [1.82, 2.24) is 9.55 Å². The van der Waals surface area contributed by atoms with Crippen molar-refractivity contribution in [2.24, 2.45) is 0 Å². The van der Waals surface area contributed by atoms with Crippen LogP contribution in [0.25, 0.3) is 11.0 Å². The molecule has 0 spiro atoms. The average molecular weight is 349 g/mol. The third-order valence-corrected chi connectivity index (χ3v) is 4.65. The number of para-hydroxylation sites is 2. The Bertz CT molecular complexity index is 839. The van der Waals surface area contributed by atoms with Gasteiger partial charge in [0.05, 0.1) is 11.0 Å². The molecule has 0 aliphatic heterocycles. The highest BCUT2D eigenvalue weighted by Crippen LogP contribution is 2.21. The minimum Gasteiger partial charge on any atom is -0.310 e. The lowest BCUT2D eigenvalue weighted by molar-refractivity contribution is 0.102. The lowest BCUT2D eigenvalue weighted by Gasteiger charge is -2.10. The van der Waals surface area contributed by atoms with Gasteiger partial charge >= 0.3 is 0 Å². The van der Waals surface area contributed by atoms with Crippen LogP contribution in [0.5, 0.6) is 0 Å². The molecule has 1 aromatic heterocycles. The standard InChI is InChI=1S/C22H27N3O/c1-2-3-4-5-6-12-17-25-20-16-11-10-15-19(20)23-22(25)24-21(26)18-13-8-7-9-14-18/h7-11,13-16H,2-6,12,17H2,1H3,(H,23,24,26). The van der Waals surface area contributed by atoms with Crippen molar-refractivity contribution in [1.29, 1.82) is 0 Å². The van der Waals surface area contributed by atoms with Gasteiger partial charge in [-0.05, 0) is 30.7 Å². The van der Waals surface area contributed by atoms with E-state index in [4.69, 9.17) is 0 Å². The summed E-state index contributed by atoms with van der Waals surface area (Å²) in [6.07, 6.45) is 7.45. The summed E-state index contributed by atoms with van der Waals surface area (Å²) in [5.74, 6) is 0.513. The fourth-order valence-electron chi connectivity index (χ4n) is 3.21. The number of imidazole rings is 1. The summed E-state index contributed by atoms with van der Waals surface area (Å²) in [7, 11) is 0. The zero-order chi connectivity index (χ0) is 18.2. The van der Waals surface area contributed by atoms with Gasteiger partial charge in [-0.2, -0.15) is 0 Å². The van der Waals surface area contributed by atoms with Gasteiger partial charge < -0.3 is 4.57 Å². The normalized spacial score (nSPS) is 11.0. The van der Waals surface area contributed by atoms with E-state index in [1.165, 1.54) is 32.1 Å². The number of hydrogen-bond donors (Lipinski definition) is 1. The van der Waals surface area contributed by atoms with Crippen molar-refractivity contribution in [3.63, 3.8) is 0 Å². The molecule has 0 fully saturated rings. The number of aromatic nitrogens is 2. The monoisotopic (exact) mass is 349 g/mol. The van der Waals surface area contributed by atoms with Crippen molar-refractivity contribution in [3.05, 3.63) is 60.2 Å². The third kappa shape index (κ3) is 4.51. The zero-order valence-corrected chi connectivity index (χ0v) is 15.4. The first-order chi connectivity index (χ1) is 12.8. The molecular formula is C22H27N3O. The number of fused-ring (bicyclic) bond motifs is 1. The minimum atomic E-state index is -0.120. The molecule has 2 aromatic carbocycles. The molecule has 26 heavy (non-hydrogen) atoms. The maximum Gasteiger partial charge on any atom is 0.257 e. The van der Waals surface area contributed by atoms with Gasteiger partial charge in [0, 0.05) is 12.1 Å². The van der Waals surface area contributed by atoms with E-state index in [0.29, 0.717) is 11.5 Å². The Balaban J connectivity index is 1.73. The largest absolute Gasteiger partial charge is 0.310 e. The topological polar surface area (TPSA) is 46.9 Å². The van der Waals surface area contributed by atoms with Crippen LogP contribution in [0.1, 0.15) is 55.8 Å². The Morgan fingerprint density at radius 3 is 2.42 bits per heavy atom. The van der Waals surface area contributed by atoms with Crippen molar-refractivity contribution in [3.8, 4) is 0 Å². The van der Waals surface area contributed by atoms with E-state index < -0.39 is 0 Å². The molecule has 0 saturated heterocycles. The SMILES string of the molecule is CCCCCCCCn1c(NC(=O)c2ccccc2)nc2ccccc21. The van der Waals surface area contributed by atoms with Gasteiger partial charge in [-0.25, -0.2) is 4.98 Å². The van der Waals surface area contributed by atoms with Gasteiger partial charge in [0.25, 0.3) is 5.91 Å². The smallest absolute Gasteiger partial charge is 0.257 e. The van der Waals surface area contributed by atoms with Crippen LogP contribution in [-0.2, 0) is 6.54 Å². The number of anilines is 1. The van der Waals surface area contributed by atoms with Crippen LogP contribution >= 0.6 is 0 Å². The van der Waals surface area contributed by atoms with Gasteiger partial charge in [0.15, 0.2) is 0 Å². The first kappa shape index (κ1) is 18.2. The molecule has 3 rings (SSSR count). The molecule has 136 valence electrons. The van der Waals surface area contributed by atoms with E-state index in [9.17, 15) is 4.79 Å². The van der Waals surface area contributed by atoms with Crippen LogP contribution in [-0.4, -0.2) is 15.5 Å². The molecule has 0 unspecified atom stereocenters. The molecule has 0 saturated carbocycles. The summed E-state index contributed by atoms with van der Waals surface area (Å²) in [5, 5.41) is 2.99. The number of nitrogens with zero attached hydrogens (tertiary/aromatic N) is 2. The van der Waals surface area contributed by atoms with Crippen LogP contribution in [0.4, 0.5) is 5.95 Å². The number of carbonyl (C=O) groups is 1. The number of rotatable bonds is 9. The van der Waals surface area contributed by atoms with Crippen molar-refractivity contribution < 1.29 is 4.79 Å². The molecule has 1 heterocycles. The summed E-state index contributed by atoms with van der Waals surface area (Å²) >= 11 is 0. The second-order valence-corrected chi connectivity index (χ2v) is 6.66. The number of hydrogen-bond acceptors (Lipinski definition) is 2. The zero-order valence-electron chi connectivity index (χ0n) is 15.4. The summed E-state index contributed by atoms with van der Waals surface area (Å²) in [6.45, 7) is 3.11. The second-order valence-electron chi connectivity index (χ2n) is 6.66. The van der Waals surface area contributed by atoms with Crippen LogP contribution in [0, 0.1) is 0 Å². The maximum atomic E-state index is 12.5. The van der Waals surface area contributed by atoms with Crippen molar-refractivity contribution >= 4 is 22.9 Å². The van der Waals surface area contributed by atoms with Gasteiger partial charge in [-0.15, -0.1) is 0 Å². The predicted molar refractivity (Wildman–Crippen MR) is 108 cm³/mol. The van der Waals surface area contributed by atoms with Gasteiger partial charge in [0.1, 0.15) is 0 Å². The molecule has 0 aliphatic rings. The van der Waals surface area contributed by atoms with E-state index in [0.717, 1.165) is 24.0 Å². The second kappa shape index (κ2) is 9.18. The lowest BCUT2D eigenvalue weighted by Crippen LogP contribution is -2.16. The molecule has 1 N–H and O–H groups in total. The molecule has 0 aliphatic carbocycles.